The lowest BCUT2D eigenvalue weighted by Gasteiger charge is -2.23. The van der Waals surface area contributed by atoms with E-state index < -0.39 is 0 Å². The van der Waals surface area contributed by atoms with Gasteiger partial charge in [0.25, 0.3) is 11.8 Å². The van der Waals surface area contributed by atoms with Gasteiger partial charge in [0.1, 0.15) is 0 Å². The molecule has 0 saturated heterocycles. The van der Waals surface area contributed by atoms with E-state index in [-0.39, 0.29) is 29.5 Å². The summed E-state index contributed by atoms with van der Waals surface area (Å²) in [5.41, 5.74) is 3.95. The predicted octanol–water partition coefficient (Wildman–Crippen LogP) is 6.65. The van der Waals surface area contributed by atoms with Gasteiger partial charge in [-0.15, -0.1) is 11.3 Å². The van der Waals surface area contributed by atoms with Crippen LogP contribution in [0.5, 0.6) is 0 Å². The van der Waals surface area contributed by atoms with Gasteiger partial charge in [-0.1, -0.05) is 61.4 Å². The van der Waals surface area contributed by atoms with Gasteiger partial charge in [-0.05, 0) is 61.7 Å². The molecule has 0 radical (unpaired) electrons. The van der Waals surface area contributed by atoms with Crippen LogP contribution in [-0.4, -0.2) is 34.5 Å². The molecule has 3 aromatic carbocycles. The first kappa shape index (κ1) is 26.9. The van der Waals surface area contributed by atoms with Crippen molar-refractivity contribution in [3.05, 3.63) is 83.4 Å². The molecule has 1 heterocycles. The maximum atomic E-state index is 13.2. The molecule has 1 fully saturated rings. The minimum Gasteiger partial charge on any atom is -0.349 e. The van der Waals surface area contributed by atoms with E-state index in [4.69, 9.17) is 0 Å². The number of hydrogen-bond donors (Lipinski definition) is 3. The third-order valence-corrected chi connectivity index (χ3v) is 8.89. The molecule has 5 rings (SSSR count). The number of anilines is 2. The Kier molecular flexibility index (Phi) is 8.58. The van der Waals surface area contributed by atoms with E-state index in [1.807, 2.05) is 43.3 Å². The van der Waals surface area contributed by atoms with Crippen LogP contribution >= 0.6 is 23.1 Å². The number of benzene rings is 3. The van der Waals surface area contributed by atoms with Crippen LogP contribution in [0.1, 0.15) is 58.4 Å². The Bertz CT molecular complexity index is 1510. The number of hydrogen-bond acceptors (Lipinski definition) is 6. The first-order chi connectivity index (χ1) is 19.0. The fourth-order valence-corrected chi connectivity index (χ4v) is 6.57. The number of carbonyl (C=O) groups excluding carboxylic acids is 3. The molecule has 1 aromatic heterocycles. The van der Waals surface area contributed by atoms with Crippen LogP contribution in [0, 0.1) is 6.92 Å². The van der Waals surface area contributed by atoms with Crippen LogP contribution in [-0.2, 0) is 4.79 Å². The van der Waals surface area contributed by atoms with Crippen molar-refractivity contribution in [3.63, 3.8) is 0 Å². The van der Waals surface area contributed by atoms with E-state index in [9.17, 15) is 14.4 Å². The summed E-state index contributed by atoms with van der Waals surface area (Å²) in [5, 5.41) is 8.97. The summed E-state index contributed by atoms with van der Waals surface area (Å²) < 4.78 is 1.68. The number of thioether (sulfide) groups is 1. The van der Waals surface area contributed by atoms with E-state index in [1.165, 1.54) is 29.5 Å². The highest BCUT2D eigenvalue weighted by Crippen LogP contribution is 2.31. The van der Waals surface area contributed by atoms with Crippen LogP contribution in [0.4, 0.5) is 11.4 Å². The van der Waals surface area contributed by atoms with Crippen LogP contribution in [0.3, 0.4) is 0 Å². The first-order valence-corrected chi connectivity index (χ1v) is 14.9. The molecule has 3 N–H and O–H groups in total. The van der Waals surface area contributed by atoms with Gasteiger partial charge in [-0.3, -0.25) is 14.4 Å². The zero-order valence-corrected chi connectivity index (χ0v) is 23.3. The number of carbonyl (C=O) groups is 3. The number of para-hydroxylation sites is 1. The number of thiazole rings is 1. The second kappa shape index (κ2) is 12.4. The summed E-state index contributed by atoms with van der Waals surface area (Å²) in [5.74, 6) is -0.389. The Morgan fingerprint density at radius 2 is 1.62 bits per heavy atom. The van der Waals surface area contributed by atoms with Crippen LogP contribution in [0.25, 0.3) is 10.2 Å². The molecule has 3 amide bonds. The van der Waals surface area contributed by atoms with Gasteiger partial charge in [-0.25, -0.2) is 4.98 Å². The van der Waals surface area contributed by atoms with Crippen LogP contribution in [0.15, 0.2) is 71.1 Å². The molecule has 1 saturated carbocycles. The largest absolute Gasteiger partial charge is 0.349 e. The van der Waals surface area contributed by atoms with Crippen molar-refractivity contribution >= 4 is 62.4 Å². The fraction of sp³-hybridized carbons (Fsp3) is 0.267. The van der Waals surface area contributed by atoms with E-state index >= 15 is 0 Å². The van der Waals surface area contributed by atoms with Gasteiger partial charge in [-0.2, -0.15) is 0 Å². The minimum absolute atomic E-state index is 0.0901. The number of nitrogens with zero attached hydrogens (tertiary/aromatic N) is 1. The smallest absolute Gasteiger partial charge is 0.256 e. The molecule has 1 aliphatic rings. The predicted molar refractivity (Wildman–Crippen MR) is 159 cm³/mol. The third-order valence-electron chi connectivity index (χ3n) is 6.73. The summed E-state index contributed by atoms with van der Waals surface area (Å²) in [4.78, 5) is 43.2. The van der Waals surface area contributed by atoms with E-state index in [0.29, 0.717) is 16.8 Å². The Labute approximate surface area is 235 Å². The maximum absolute atomic E-state index is 13.2. The van der Waals surface area contributed by atoms with Crippen LogP contribution in [0.2, 0.25) is 0 Å². The van der Waals surface area contributed by atoms with Crippen molar-refractivity contribution < 1.29 is 14.4 Å². The van der Waals surface area contributed by atoms with Gasteiger partial charge in [0.2, 0.25) is 5.91 Å². The molecular weight excluding hydrogens is 528 g/mol. The van der Waals surface area contributed by atoms with Crippen molar-refractivity contribution in [3.8, 4) is 0 Å². The molecule has 1 aliphatic carbocycles. The Morgan fingerprint density at radius 1 is 0.897 bits per heavy atom. The average Bonchev–Trinajstić information content (AvgIpc) is 3.36. The summed E-state index contributed by atoms with van der Waals surface area (Å²) in [6.45, 7) is 1.96. The van der Waals surface area contributed by atoms with E-state index in [2.05, 4.69) is 20.9 Å². The lowest BCUT2D eigenvalue weighted by Crippen LogP contribution is -2.37. The zero-order valence-electron chi connectivity index (χ0n) is 21.7. The molecule has 0 spiro atoms. The highest BCUT2D eigenvalue weighted by molar-refractivity contribution is 8.01. The fourth-order valence-electron chi connectivity index (χ4n) is 4.66. The quantitative estimate of drug-likeness (QED) is 0.210. The topological polar surface area (TPSA) is 100 Å². The van der Waals surface area contributed by atoms with Crippen LogP contribution < -0.4 is 16.0 Å². The molecule has 9 heteroatoms. The third kappa shape index (κ3) is 6.85. The van der Waals surface area contributed by atoms with Gasteiger partial charge in [0, 0.05) is 17.4 Å². The second-order valence-corrected chi connectivity index (χ2v) is 11.9. The highest BCUT2D eigenvalue weighted by Gasteiger charge is 2.21. The lowest BCUT2D eigenvalue weighted by molar-refractivity contribution is -0.113. The van der Waals surface area contributed by atoms with Crippen molar-refractivity contribution in [2.75, 3.05) is 16.4 Å². The molecule has 0 aliphatic heterocycles. The summed E-state index contributed by atoms with van der Waals surface area (Å²) in [6.07, 6.45) is 5.40. The Balaban J connectivity index is 1.22. The highest BCUT2D eigenvalue weighted by atomic mass is 32.2. The monoisotopic (exact) mass is 558 g/mol. The lowest BCUT2D eigenvalue weighted by atomic mass is 9.95. The van der Waals surface area contributed by atoms with Gasteiger partial charge in [0.15, 0.2) is 4.34 Å². The maximum Gasteiger partial charge on any atom is 0.256 e. The normalized spacial score (nSPS) is 13.7. The number of fused-ring (bicyclic) bond motifs is 1. The second-order valence-electron chi connectivity index (χ2n) is 9.62. The summed E-state index contributed by atoms with van der Waals surface area (Å²) in [6, 6.07) is 20.2. The van der Waals surface area contributed by atoms with Crippen molar-refractivity contribution in [1.29, 1.82) is 0 Å². The van der Waals surface area contributed by atoms with E-state index in [1.54, 1.807) is 30.3 Å². The molecule has 0 atom stereocenters. The van der Waals surface area contributed by atoms with Gasteiger partial charge >= 0.3 is 0 Å². The number of rotatable bonds is 8. The van der Waals surface area contributed by atoms with Gasteiger partial charge < -0.3 is 16.0 Å². The standard InChI is InChI=1S/C30H30N4O3S2/c1-19-9-5-8-14-24(19)33-27(35)18-38-30-34-25-16-15-21(17-26(25)39-30)32-29(37)23-13-7-6-12-22(23)28(36)31-20-10-3-2-4-11-20/h5-9,12-17,20H,2-4,10-11,18H2,1H3,(H,31,36)(H,32,37)(H,33,35). The molecule has 39 heavy (non-hydrogen) atoms. The van der Waals surface area contributed by atoms with Crippen molar-refractivity contribution in [1.82, 2.24) is 10.3 Å². The Morgan fingerprint density at radius 3 is 2.38 bits per heavy atom. The average molecular weight is 559 g/mol. The number of amides is 3. The van der Waals surface area contributed by atoms with E-state index in [0.717, 1.165) is 51.5 Å². The number of aromatic nitrogens is 1. The first-order valence-electron chi connectivity index (χ1n) is 13.1. The summed E-state index contributed by atoms with van der Waals surface area (Å²) >= 11 is 2.85. The molecule has 200 valence electrons. The minimum atomic E-state index is -0.337. The molecule has 0 unspecified atom stereocenters. The number of nitrogens with one attached hydrogen (secondary N) is 3. The molecule has 7 nitrogen and oxygen atoms in total. The number of aryl methyl sites for hydroxylation is 1. The SMILES string of the molecule is Cc1ccccc1NC(=O)CSc1nc2ccc(NC(=O)c3ccccc3C(=O)NC3CCCCC3)cc2s1. The molecule has 0 bridgehead atoms. The van der Waals surface area contributed by atoms with Gasteiger partial charge in [0.05, 0.1) is 27.1 Å². The Hall–Kier alpha value is -3.69. The molecular formula is C30H30N4O3S2. The van der Waals surface area contributed by atoms with Crippen molar-refractivity contribution in [2.24, 2.45) is 0 Å². The molecule has 4 aromatic rings. The summed E-state index contributed by atoms with van der Waals surface area (Å²) in [7, 11) is 0. The van der Waals surface area contributed by atoms with Crippen molar-refractivity contribution in [2.45, 2.75) is 49.4 Å². The zero-order chi connectivity index (χ0) is 27.2.